The van der Waals surface area contributed by atoms with Crippen LogP contribution in [0.1, 0.15) is 34.3 Å². The van der Waals surface area contributed by atoms with Crippen LogP contribution < -0.4 is 5.73 Å². The quantitative estimate of drug-likeness (QED) is 0.285. The number of rotatable bonds is 9. The van der Waals surface area contributed by atoms with Gasteiger partial charge in [0.25, 0.3) is 5.91 Å². The second kappa shape index (κ2) is 10.3. The van der Waals surface area contributed by atoms with Crippen molar-refractivity contribution in [3.63, 3.8) is 0 Å². The van der Waals surface area contributed by atoms with E-state index in [1.165, 1.54) is 29.3 Å². The molecule has 1 amide bonds. The van der Waals surface area contributed by atoms with Crippen LogP contribution in [-0.4, -0.2) is 60.3 Å². The predicted octanol–water partition coefficient (Wildman–Crippen LogP) is 4.81. The number of hydrogen-bond acceptors (Lipinski definition) is 4. The zero-order valence-corrected chi connectivity index (χ0v) is 23.2. The van der Waals surface area contributed by atoms with Crippen LogP contribution in [-0.2, 0) is 26.6 Å². The maximum atomic E-state index is 13.3. The predicted molar refractivity (Wildman–Crippen MR) is 159 cm³/mol. The molecule has 4 heterocycles. The van der Waals surface area contributed by atoms with E-state index in [0.29, 0.717) is 24.4 Å². The number of benzene rings is 2. The molecule has 1 fully saturated rings. The van der Waals surface area contributed by atoms with Gasteiger partial charge in [0.05, 0.1) is 34.6 Å². The van der Waals surface area contributed by atoms with Gasteiger partial charge in [0.15, 0.2) is 5.82 Å². The topological polar surface area (TPSA) is 86.9 Å². The summed E-state index contributed by atoms with van der Waals surface area (Å²) in [5, 5.41) is 1.19. The first-order valence-corrected chi connectivity index (χ1v) is 14.3. The van der Waals surface area contributed by atoms with Crippen molar-refractivity contribution >= 4 is 33.9 Å². The van der Waals surface area contributed by atoms with Gasteiger partial charge in [-0.1, -0.05) is 30.4 Å². The Labute approximate surface area is 237 Å². The largest absolute Gasteiger partial charge is 0.337 e. The average Bonchev–Trinajstić information content (AvgIpc) is 3.35. The van der Waals surface area contributed by atoms with Gasteiger partial charge in [-0.25, -0.2) is 14.4 Å². The van der Waals surface area contributed by atoms with E-state index in [9.17, 15) is 9.18 Å². The molecule has 210 valence electrons. The maximum Gasteiger partial charge on any atom is 0.254 e. The molecule has 0 radical (unpaired) electrons. The standard InChI is InChI=1S/C32H34FN7O/c1-37-28-14-23-9-12-39(19-25(34)17-33)32(41)26(23)16-27(28)36-31(37)29-15-24-5-2-4-22(6-3-11-38-13-10-35-20-38)30(24)40(29)18-21-7-8-21/h2-6,10,13-16,20-21,25H,7-9,11-12,17-19,34H2,1H3/b6-3+/t25-/m1/s1. The second-order valence-electron chi connectivity index (χ2n) is 11.4. The lowest BCUT2D eigenvalue weighted by Gasteiger charge is -2.30. The fourth-order valence-corrected chi connectivity index (χ4v) is 6.07. The first kappa shape index (κ1) is 25.7. The molecule has 2 N–H and O–H groups in total. The molecule has 0 unspecified atom stereocenters. The van der Waals surface area contributed by atoms with Gasteiger partial charge in [-0.3, -0.25) is 4.79 Å². The molecule has 5 aromatic rings. The summed E-state index contributed by atoms with van der Waals surface area (Å²) in [4.78, 5) is 24.2. The zero-order valence-electron chi connectivity index (χ0n) is 23.2. The lowest BCUT2D eigenvalue weighted by Crippen LogP contribution is -2.45. The number of allylic oxidation sites excluding steroid dienone is 1. The van der Waals surface area contributed by atoms with E-state index < -0.39 is 12.7 Å². The molecule has 0 saturated heterocycles. The molecular weight excluding hydrogens is 517 g/mol. The van der Waals surface area contributed by atoms with Crippen LogP contribution in [0.25, 0.3) is 39.5 Å². The van der Waals surface area contributed by atoms with E-state index in [1.807, 2.05) is 23.2 Å². The van der Waals surface area contributed by atoms with Gasteiger partial charge >= 0.3 is 0 Å². The molecule has 1 saturated carbocycles. The van der Waals surface area contributed by atoms with E-state index in [0.717, 1.165) is 41.2 Å². The maximum absolute atomic E-state index is 13.3. The summed E-state index contributed by atoms with van der Waals surface area (Å²) in [5.74, 6) is 1.46. The van der Waals surface area contributed by atoms with Crippen LogP contribution >= 0.6 is 0 Å². The molecule has 41 heavy (non-hydrogen) atoms. The number of aryl methyl sites for hydroxylation is 1. The number of aromatic nitrogens is 5. The van der Waals surface area contributed by atoms with E-state index in [4.69, 9.17) is 10.7 Å². The molecule has 2 aromatic carbocycles. The molecule has 2 aliphatic rings. The Hall–Kier alpha value is -4.24. The third-order valence-corrected chi connectivity index (χ3v) is 8.42. The molecule has 1 aliphatic heterocycles. The van der Waals surface area contributed by atoms with E-state index in [1.54, 1.807) is 11.1 Å². The first-order chi connectivity index (χ1) is 20.0. The first-order valence-electron chi connectivity index (χ1n) is 14.3. The molecule has 8 nitrogen and oxygen atoms in total. The number of imidazole rings is 2. The lowest BCUT2D eigenvalue weighted by atomic mass is 9.97. The number of hydrogen-bond donors (Lipinski definition) is 1. The van der Waals surface area contributed by atoms with Crippen LogP contribution in [0.3, 0.4) is 0 Å². The van der Waals surface area contributed by atoms with Crippen LogP contribution in [0.15, 0.2) is 61.2 Å². The van der Waals surface area contributed by atoms with Crippen molar-refractivity contribution in [2.24, 2.45) is 18.7 Å². The number of nitrogens with two attached hydrogens (primary N) is 1. The fraction of sp³-hybridized carbons (Fsp3) is 0.344. The van der Waals surface area contributed by atoms with Gasteiger partial charge in [0.1, 0.15) is 6.67 Å². The third-order valence-electron chi connectivity index (χ3n) is 8.42. The molecule has 3 aromatic heterocycles. The van der Waals surface area contributed by atoms with Gasteiger partial charge in [-0.2, -0.15) is 0 Å². The molecule has 1 atom stereocenters. The minimum atomic E-state index is -0.662. The number of carbonyl (C=O) groups excluding carboxylic acids is 1. The Morgan fingerprint density at radius 3 is 2.88 bits per heavy atom. The molecule has 9 heteroatoms. The number of nitrogens with zero attached hydrogens (tertiary/aromatic N) is 6. The van der Waals surface area contributed by atoms with Gasteiger partial charge in [0.2, 0.25) is 0 Å². The van der Waals surface area contributed by atoms with Crippen molar-refractivity contribution in [3.8, 4) is 11.5 Å². The van der Waals surface area contributed by atoms with Gasteiger partial charge in [0, 0.05) is 56.6 Å². The number of amides is 1. The van der Waals surface area contributed by atoms with Gasteiger partial charge in [-0.15, -0.1) is 0 Å². The summed E-state index contributed by atoms with van der Waals surface area (Å²) in [6, 6.07) is 12.0. The Bertz CT molecular complexity index is 1780. The van der Waals surface area contributed by atoms with Crippen molar-refractivity contribution in [1.82, 2.24) is 28.6 Å². The monoisotopic (exact) mass is 551 g/mol. The van der Waals surface area contributed by atoms with Crippen LogP contribution in [0.2, 0.25) is 0 Å². The normalized spacial score (nSPS) is 16.4. The van der Waals surface area contributed by atoms with Crippen molar-refractivity contribution in [2.45, 2.75) is 38.4 Å². The van der Waals surface area contributed by atoms with E-state index >= 15 is 0 Å². The van der Waals surface area contributed by atoms with Crippen molar-refractivity contribution in [2.75, 3.05) is 19.8 Å². The number of fused-ring (bicyclic) bond motifs is 3. The molecule has 0 bridgehead atoms. The van der Waals surface area contributed by atoms with Crippen LogP contribution in [0.5, 0.6) is 0 Å². The fourth-order valence-electron chi connectivity index (χ4n) is 6.07. The number of alkyl halides is 1. The molecule has 7 rings (SSSR count). The summed E-state index contributed by atoms with van der Waals surface area (Å²) in [5.41, 5.74) is 12.7. The molecular formula is C32H34FN7O. The SMILES string of the molecule is Cn1c(-c2cc3cccc(/C=C/Cn4ccnc4)c3n2CC2CC2)nc2cc3c(cc21)CCN(C[C@H](N)CF)C3=O. The van der Waals surface area contributed by atoms with Crippen molar-refractivity contribution in [3.05, 3.63) is 77.9 Å². The Kier molecular flexibility index (Phi) is 6.46. The van der Waals surface area contributed by atoms with E-state index in [2.05, 4.69) is 63.6 Å². The zero-order chi connectivity index (χ0) is 28.1. The Morgan fingerprint density at radius 1 is 1.22 bits per heavy atom. The smallest absolute Gasteiger partial charge is 0.254 e. The second-order valence-corrected chi connectivity index (χ2v) is 11.4. The Morgan fingerprint density at radius 2 is 2.10 bits per heavy atom. The van der Waals surface area contributed by atoms with Crippen molar-refractivity contribution in [1.29, 1.82) is 0 Å². The highest BCUT2D eigenvalue weighted by Crippen LogP contribution is 2.38. The number of carbonyl (C=O) groups is 1. The minimum absolute atomic E-state index is 0.0979. The summed E-state index contributed by atoms with van der Waals surface area (Å²) >= 11 is 0. The molecule has 0 spiro atoms. The van der Waals surface area contributed by atoms with Crippen LogP contribution in [0.4, 0.5) is 4.39 Å². The third kappa shape index (κ3) is 4.74. The van der Waals surface area contributed by atoms with Crippen molar-refractivity contribution < 1.29 is 9.18 Å². The molecule has 1 aliphatic carbocycles. The number of halogens is 1. The summed E-state index contributed by atoms with van der Waals surface area (Å²) in [6.07, 6.45) is 13.2. The average molecular weight is 552 g/mol. The summed E-state index contributed by atoms with van der Waals surface area (Å²) in [6.45, 7) is 1.84. The highest BCUT2D eigenvalue weighted by Gasteiger charge is 2.29. The van der Waals surface area contributed by atoms with Crippen LogP contribution in [0, 0.1) is 5.92 Å². The summed E-state index contributed by atoms with van der Waals surface area (Å²) < 4.78 is 19.7. The highest BCUT2D eigenvalue weighted by molar-refractivity contribution is 6.01. The summed E-state index contributed by atoms with van der Waals surface area (Å²) in [7, 11) is 2.05. The van der Waals surface area contributed by atoms with Gasteiger partial charge < -0.3 is 24.3 Å². The number of para-hydroxylation sites is 1. The Balaban J connectivity index is 1.30. The lowest BCUT2D eigenvalue weighted by molar-refractivity contribution is 0.0725. The van der Waals surface area contributed by atoms with E-state index in [-0.39, 0.29) is 12.5 Å². The van der Waals surface area contributed by atoms with Gasteiger partial charge in [-0.05, 0) is 54.5 Å². The highest BCUT2D eigenvalue weighted by atomic mass is 19.1. The minimum Gasteiger partial charge on any atom is -0.337 e.